The van der Waals surface area contributed by atoms with Crippen molar-refractivity contribution in [3.8, 4) is 0 Å². The van der Waals surface area contributed by atoms with Crippen molar-refractivity contribution in [2.45, 2.75) is 51.4 Å². The zero-order valence-electron chi connectivity index (χ0n) is 10.2. The maximum atomic E-state index is 11.2. The number of methoxy groups -OCH3 is 1. The summed E-state index contributed by atoms with van der Waals surface area (Å²) >= 11 is 5.61. The molecule has 0 aromatic carbocycles. The van der Waals surface area contributed by atoms with Crippen molar-refractivity contribution in [2.75, 3.05) is 13.0 Å². The van der Waals surface area contributed by atoms with E-state index in [-0.39, 0.29) is 11.9 Å². The van der Waals surface area contributed by atoms with E-state index >= 15 is 0 Å². The first kappa shape index (κ1) is 13.8. The Kier molecular flexibility index (Phi) is 6.86. The zero-order valence-corrected chi connectivity index (χ0v) is 11.0. The van der Waals surface area contributed by atoms with E-state index in [1.54, 1.807) is 0 Å². The summed E-state index contributed by atoms with van der Waals surface area (Å²) in [6.45, 7) is 0. The van der Waals surface area contributed by atoms with Crippen LogP contribution in [0, 0.1) is 11.8 Å². The molecule has 2 unspecified atom stereocenters. The molecule has 0 bridgehead atoms. The predicted molar refractivity (Wildman–Crippen MR) is 66.7 cm³/mol. The van der Waals surface area contributed by atoms with Crippen molar-refractivity contribution in [1.82, 2.24) is 0 Å². The highest BCUT2D eigenvalue weighted by molar-refractivity contribution is 6.17. The summed E-state index contributed by atoms with van der Waals surface area (Å²) in [6.07, 6.45) is 9.84. The summed E-state index contributed by atoms with van der Waals surface area (Å²) in [7, 11) is 1.48. The summed E-state index contributed by atoms with van der Waals surface area (Å²) < 4.78 is 4.72. The monoisotopic (exact) mass is 246 g/mol. The number of hydrogen-bond acceptors (Lipinski definition) is 2. The zero-order chi connectivity index (χ0) is 11.8. The number of alkyl halides is 1. The Balaban J connectivity index is 1.84. The van der Waals surface area contributed by atoms with Gasteiger partial charge in [0.05, 0.1) is 13.0 Å². The molecule has 0 amide bonds. The number of halogens is 1. The van der Waals surface area contributed by atoms with Crippen LogP contribution >= 0.6 is 11.6 Å². The average molecular weight is 247 g/mol. The van der Waals surface area contributed by atoms with Gasteiger partial charge in [0, 0.05) is 5.88 Å². The molecule has 1 aliphatic carbocycles. The molecule has 0 N–H and O–H groups in total. The van der Waals surface area contributed by atoms with Gasteiger partial charge in [-0.3, -0.25) is 4.79 Å². The standard InChI is InChI=1S/C13H23ClO2/c1-16-13(15)12-10-11(12)8-6-4-2-3-5-7-9-14/h11-12H,2-10H2,1H3. The highest BCUT2D eigenvalue weighted by Gasteiger charge is 2.42. The molecule has 0 aromatic heterocycles. The summed E-state index contributed by atoms with van der Waals surface area (Å²) in [4.78, 5) is 11.2. The molecule has 0 spiro atoms. The number of carbonyl (C=O) groups is 1. The van der Waals surface area contributed by atoms with Crippen LogP contribution in [0.1, 0.15) is 51.4 Å². The third-order valence-corrected chi connectivity index (χ3v) is 3.65. The first-order chi connectivity index (χ1) is 7.79. The molecule has 0 heterocycles. The van der Waals surface area contributed by atoms with Gasteiger partial charge in [-0.05, 0) is 25.2 Å². The number of hydrogen-bond donors (Lipinski definition) is 0. The van der Waals surface area contributed by atoms with Crippen LogP contribution in [0.25, 0.3) is 0 Å². The van der Waals surface area contributed by atoms with Gasteiger partial charge in [-0.1, -0.05) is 32.1 Å². The molecule has 3 heteroatoms. The van der Waals surface area contributed by atoms with Crippen LogP contribution in [0.2, 0.25) is 0 Å². The summed E-state index contributed by atoms with van der Waals surface area (Å²) in [5, 5.41) is 0. The van der Waals surface area contributed by atoms with Crippen LogP contribution in [0.15, 0.2) is 0 Å². The Labute approximate surface area is 104 Å². The van der Waals surface area contributed by atoms with Gasteiger partial charge in [-0.2, -0.15) is 0 Å². The van der Waals surface area contributed by atoms with Gasteiger partial charge >= 0.3 is 5.97 Å². The lowest BCUT2D eigenvalue weighted by Gasteiger charge is -2.01. The molecule has 0 aliphatic heterocycles. The summed E-state index contributed by atoms with van der Waals surface area (Å²) in [5.41, 5.74) is 0. The molecule has 0 aromatic rings. The van der Waals surface area contributed by atoms with E-state index in [9.17, 15) is 4.79 Å². The quantitative estimate of drug-likeness (QED) is 0.352. The summed E-state index contributed by atoms with van der Waals surface area (Å²) in [6, 6.07) is 0. The van der Waals surface area contributed by atoms with Gasteiger partial charge in [-0.15, -0.1) is 11.6 Å². The fourth-order valence-electron chi connectivity index (χ4n) is 2.21. The number of carbonyl (C=O) groups excluding carboxylic acids is 1. The molecule has 1 saturated carbocycles. The van der Waals surface area contributed by atoms with E-state index in [0.29, 0.717) is 5.92 Å². The number of unbranched alkanes of at least 4 members (excludes halogenated alkanes) is 5. The fraction of sp³-hybridized carbons (Fsp3) is 0.923. The number of esters is 1. The second-order valence-corrected chi connectivity index (χ2v) is 5.10. The minimum absolute atomic E-state index is 0.00730. The lowest BCUT2D eigenvalue weighted by Crippen LogP contribution is -2.04. The first-order valence-corrected chi connectivity index (χ1v) is 6.97. The van der Waals surface area contributed by atoms with Crippen LogP contribution in [-0.4, -0.2) is 19.0 Å². The lowest BCUT2D eigenvalue weighted by atomic mass is 10.1. The largest absolute Gasteiger partial charge is 0.469 e. The molecule has 0 saturated heterocycles. The molecule has 16 heavy (non-hydrogen) atoms. The van der Waals surface area contributed by atoms with Crippen LogP contribution in [0.3, 0.4) is 0 Å². The molecule has 94 valence electrons. The van der Waals surface area contributed by atoms with Crippen molar-refractivity contribution < 1.29 is 9.53 Å². The van der Waals surface area contributed by atoms with Crippen LogP contribution in [0.4, 0.5) is 0 Å². The molecule has 1 fully saturated rings. The molecular weight excluding hydrogens is 224 g/mol. The highest BCUT2D eigenvalue weighted by atomic mass is 35.5. The van der Waals surface area contributed by atoms with Crippen molar-refractivity contribution >= 4 is 17.6 Å². The Morgan fingerprint density at radius 2 is 1.81 bits per heavy atom. The number of rotatable bonds is 9. The Morgan fingerprint density at radius 3 is 2.44 bits per heavy atom. The van der Waals surface area contributed by atoms with E-state index in [0.717, 1.165) is 18.7 Å². The van der Waals surface area contributed by atoms with Crippen LogP contribution in [-0.2, 0) is 9.53 Å². The Hall–Kier alpha value is -0.240. The van der Waals surface area contributed by atoms with Crippen LogP contribution < -0.4 is 0 Å². The maximum absolute atomic E-state index is 11.2. The predicted octanol–water partition coefficient (Wildman–Crippen LogP) is 3.77. The molecule has 1 aliphatic rings. The van der Waals surface area contributed by atoms with Gasteiger partial charge in [-0.25, -0.2) is 0 Å². The van der Waals surface area contributed by atoms with E-state index in [2.05, 4.69) is 0 Å². The Morgan fingerprint density at radius 1 is 1.19 bits per heavy atom. The second-order valence-electron chi connectivity index (χ2n) is 4.72. The van der Waals surface area contributed by atoms with E-state index in [4.69, 9.17) is 16.3 Å². The average Bonchev–Trinajstić information content (AvgIpc) is 3.06. The van der Waals surface area contributed by atoms with Crippen molar-refractivity contribution in [1.29, 1.82) is 0 Å². The first-order valence-electron chi connectivity index (χ1n) is 6.43. The molecule has 2 nitrogen and oxygen atoms in total. The lowest BCUT2D eigenvalue weighted by molar-refractivity contribution is -0.142. The van der Waals surface area contributed by atoms with E-state index < -0.39 is 0 Å². The second kappa shape index (κ2) is 7.94. The molecule has 0 radical (unpaired) electrons. The molecular formula is C13H23ClO2. The van der Waals surface area contributed by atoms with Crippen molar-refractivity contribution in [3.05, 3.63) is 0 Å². The third kappa shape index (κ3) is 5.20. The van der Waals surface area contributed by atoms with Crippen molar-refractivity contribution in [2.24, 2.45) is 11.8 Å². The normalized spacial score (nSPS) is 23.1. The van der Waals surface area contributed by atoms with Crippen molar-refractivity contribution in [3.63, 3.8) is 0 Å². The number of ether oxygens (including phenoxy) is 1. The third-order valence-electron chi connectivity index (χ3n) is 3.39. The fourth-order valence-corrected chi connectivity index (χ4v) is 2.40. The highest BCUT2D eigenvalue weighted by Crippen LogP contribution is 2.43. The SMILES string of the molecule is COC(=O)C1CC1CCCCCCCCCl. The summed E-state index contributed by atoms with van der Waals surface area (Å²) in [5.74, 6) is 1.63. The molecule has 2 atom stereocenters. The van der Waals surface area contributed by atoms with Gasteiger partial charge in [0.2, 0.25) is 0 Å². The van der Waals surface area contributed by atoms with Gasteiger partial charge in [0.25, 0.3) is 0 Å². The van der Waals surface area contributed by atoms with Crippen LogP contribution in [0.5, 0.6) is 0 Å². The van der Waals surface area contributed by atoms with Gasteiger partial charge in [0.1, 0.15) is 0 Å². The maximum Gasteiger partial charge on any atom is 0.308 e. The Bertz CT molecular complexity index is 206. The smallest absolute Gasteiger partial charge is 0.308 e. The minimum atomic E-state index is -0.00730. The molecule has 1 rings (SSSR count). The van der Waals surface area contributed by atoms with Gasteiger partial charge in [0.15, 0.2) is 0 Å². The van der Waals surface area contributed by atoms with E-state index in [1.807, 2.05) is 0 Å². The van der Waals surface area contributed by atoms with E-state index in [1.165, 1.54) is 45.6 Å². The minimum Gasteiger partial charge on any atom is -0.469 e. The topological polar surface area (TPSA) is 26.3 Å². The van der Waals surface area contributed by atoms with Gasteiger partial charge < -0.3 is 4.74 Å².